The van der Waals surface area contributed by atoms with Crippen LogP contribution in [0.3, 0.4) is 0 Å². The zero-order valence-electron chi connectivity index (χ0n) is 18.2. The Bertz CT molecular complexity index is 1140. The molecule has 0 aliphatic heterocycles. The molecule has 5 nitrogen and oxygen atoms in total. The fourth-order valence-electron chi connectivity index (χ4n) is 3.04. The average molecular weight is 583 g/mol. The third-order valence-electron chi connectivity index (χ3n) is 5.05. The summed E-state index contributed by atoms with van der Waals surface area (Å²) in [6, 6.07) is 11.8. The number of benzene rings is 2. The van der Waals surface area contributed by atoms with E-state index in [2.05, 4.69) is 41.8 Å². The van der Waals surface area contributed by atoms with Crippen molar-refractivity contribution >= 4 is 43.5 Å². The molecule has 32 heavy (non-hydrogen) atoms. The molecule has 4 aromatic rings. The van der Waals surface area contributed by atoms with Crippen molar-refractivity contribution in [2.45, 2.75) is 40.2 Å². The largest absolute Gasteiger partial charge is 0.440 e. The number of halogens is 3. The summed E-state index contributed by atoms with van der Waals surface area (Å²) in [6.07, 6.45) is 0. The molecule has 168 valence electrons. The van der Waals surface area contributed by atoms with Gasteiger partial charge in [-0.05, 0) is 63.1 Å². The quantitative estimate of drug-likeness (QED) is 0.250. The van der Waals surface area contributed by atoms with Crippen LogP contribution in [0.15, 0.2) is 54.2 Å². The second-order valence-electron chi connectivity index (χ2n) is 7.17. The third kappa shape index (κ3) is 5.34. The lowest BCUT2D eigenvalue weighted by molar-refractivity contribution is 0.247. The van der Waals surface area contributed by atoms with Crippen LogP contribution in [0.4, 0.5) is 0 Å². The Morgan fingerprint density at radius 3 is 1.59 bits per heavy atom. The fourth-order valence-corrected chi connectivity index (χ4v) is 4.02. The first-order valence-corrected chi connectivity index (χ1v) is 12.0. The van der Waals surface area contributed by atoms with Crippen molar-refractivity contribution in [1.29, 1.82) is 0 Å². The van der Waals surface area contributed by atoms with Gasteiger partial charge in [0, 0.05) is 20.1 Å². The van der Waals surface area contributed by atoms with Crippen LogP contribution >= 0.6 is 43.5 Å². The van der Waals surface area contributed by atoms with Crippen molar-refractivity contribution in [3.05, 3.63) is 79.4 Å². The van der Waals surface area contributed by atoms with E-state index >= 15 is 0 Å². The van der Waals surface area contributed by atoms with Crippen molar-refractivity contribution < 1.29 is 13.9 Å². The zero-order chi connectivity index (χ0) is 23.4. The summed E-state index contributed by atoms with van der Waals surface area (Å²) in [5.41, 5.74) is 5.71. The van der Waals surface area contributed by atoms with Gasteiger partial charge in [0.25, 0.3) is 0 Å². The molecule has 0 aliphatic rings. The minimum absolute atomic E-state index is 0.119. The molecule has 8 heteroatoms. The zero-order valence-corrected chi connectivity index (χ0v) is 22.1. The number of aryl methyl sites for hydroxylation is 2. The monoisotopic (exact) mass is 580 g/mol. The van der Waals surface area contributed by atoms with Gasteiger partial charge in [0.1, 0.15) is 12.4 Å². The van der Waals surface area contributed by atoms with Gasteiger partial charge in [-0.3, -0.25) is 0 Å². The predicted octanol–water partition coefficient (Wildman–Crippen LogP) is 7.67. The maximum Gasteiger partial charge on any atom is 0.226 e. The van der Waals surface area contributed by atoms with Gasteiger partial charge in [0.2, 0.25) is 11.8 Å². The molecule has 2 heterocycles. The fraction of sp³-hybridized carbons (Fsp3) is 0.250. The number of oxazole rings is 2. The molecule has 2 aromatic heterocycles. The number of aromatic nitrogens is 2. The molecule has 0 atom stereocenters. The van der Waals surface area contributed by atoms with Crippen LogP contribution in [0.5, 0.6) is 0 Å². The van der Waals surface area contributed by atoms with Gasteiger partial charge in [-0.1, -0.05) is 44.0 Å². The molecule has 4 rings (SSSR count). The average Bonchev–Trinajstić information content (AvgIpc) is 3.34. The van der Waals surface area contributed by atoms with E-state index in [0.717, 1.165) is 48.3 Å². The standard InChI is InChI=1S/C12H11BrClNO.C12H12BrNO2/c1-7-9(4-3-5-10(7)13)12-15-8(2)11(6-14)16-12;1-7-9(4-3-5-10(7)13)12-14-8(2)11(6-15)16-12/h3-5H,6H2,1-2H3;3-5,15H,6H2,1-2H3. The summed E-state index contributed by atoms with van der Waals surface area (Å²) in [5.74, 6) is 2.80. The highest BCUT2D eigenvalue weighted by Gasteiger charge is 2.14. The maximum absolute atomic E-state index is 9.06. The molecule has 0 aliphatic carbocycles. The molecule has 0 fully saturated rings. The number of hydrogen-bond acceptors (Lipinski definition) is 5. The van der Waals surface area contributed by atoms with Gasteiger partial charge in [0.05, 0.1) is 17.3 Å². The number of aliphatic hydroxyl groups excluding tert-OH is 1. The van der Waals surface area contributed by atoms with E-state index in [0.29, 0.717) is 23.4 Å². The van der Waals surface area contributed by atoms with E-state index in [1.54, 1.807) is 0 Å². The number of rotatable bonds is 4. The van der Waals surface area contributed by atoms with Crippen LogP contribution in [-0.2, 0) is 12.5 Å². The molecule has 0 bridgehead atoms. The van der Waals surface area contributed by atoms with Crippen LogP contribution in [-0.4, -0.2) is 15.1 Å². The molecule has 0 saturated carbocycles. The Hall–Kier alpha value is -1.93. The van der Waals surface area contributed by atoms with Gasteiger partial charge in [-0.2, -0.15) is 0 Å². The van der Waals surface area contributed by atoms with Crippen molar-refractivity contribution in [2.75, 3.05) is 0 Å². The lowest BCUT2D eigenvalue weighted by atomic mass is 10.1. The molecule has 0 saturated heterocycles. The second-order valence-corrected chi connectivity index (χ2v) is 9.15. The molecule has 1 N–H and O–H groups in total. The number of alkyl halides is 1. The first-order valence-electron chi connectivity index (χ1n) is 9.87. The highest BCUT2D eigenvalue weighted by molar-refractivity contribution is 9.10. The van der Waals surface area contributed by atoms with Gasteiger partial charge in [0.15, 0.2) is 5.76 Å². The summed E-state index contributed by atoms with van der Waals surface area (Å²) in [5, 5.41) is 9.06. The number of hydrogen-bond donors (Lipinski definition) is 1. The first kappa shape index (κ1) is 24.7. The number of aliphatic hydroxyl groups is 1. The van der Waals surface area contributed by atoms with Crippen molar-refractivity contribution in [3.63, 3.8) is 0 Å². The van der Waals surface area contributed by atoms with Crippen LogP contribution in [0.1, 0.15) is 34.0 Å². The molecular weight excluding hydrogens is 560 g/mol. The van der Waals surface area contributed by atoms with E-state index in [4.69, 9.17) is 25.5 Å². The number of nitrogens with zero attached hydrogens (tertiary/aromatic N) is 2. The third-order valence-corrected chi connectivity index (χ3v) is 7.01. The summed E-state index contributed by atoms with van der Waals surface area (Å²) in [7, 11) is 0. The van der Waals surface area contributed by atoms with E-state index in [1.807, 2.05) is 64.1 Å². The topological polar surface area (TPSA) is 72.3 Å². The SMILES string of the molecule is Cc1nc(-c2cccc(Br)c2C)oc1CCl.Cc1nc(-c2cccc(Br)c2C)oc1CO. The Kier molecular flexibility index (Phi) is 8.33. The smallest absolute Gasteiger partial charge is 0.226 e. The molecule has 0 spiro atoms. The lowest BCUT2D eigenvalue weighted by Crippen LogP contribution is -1.84. The molecule has 0 amide bonds. The van der Waals surface area contributed by atoms with Crippen LogP contribution in [0.25, 0.3) is 22.9 Å². The van der Waals surface area contributed by atoms with Crippen LogP contribution in [0.2, 0.25) is 0 Å². The Labute approximate surface area is 209 Å². The highest BCUT2D eigenvalue weighted by Crippen LogP contribution is 2.30. The van der Waals surface area contributed by atoms with Crippen LogP contribution < -0.4 is 0 Å². The van der Waals surface area contributed by atoms with Crippen LogP contribution in [0, 0.1) is 27.7 Å². The highest BCUT2D eigenvalue weighted by atomic mass is 79.9. The van der Waals surface area contributed by atoms with E-state index in [-0.39, 0.29) is 6.61 Å². The minimum atomic E-state index is -0.119. The van der Waals surface area contributed by atoms with Gasteiger partial charge in [-0.25, -0.2) is 9.97 Å². The predicted molar refractivity (Wildman–Crippen MR) is 134 cm³/mol. The summed E-state index contributed by atoms with van der Waals surface area (Å²) < 4.78 is 13.2. The van der Waals surface area contributed by atoms with Gasteiger partial charge < -0.3 is 13.9 Å². The normalized spacial score (nSPS) is 10.8. The summed E-state index contributed by atoms with van der Waals surface area (Å²) in [4.78, 5) is 8.69. The minimum Gasteiger partial charge on any atom is -0.440 e. The lowest BCUT2D eigenvalue weighted by Gasteiger charge is -2.02. The molecule has 0 unspecified atom stereocenters. The summed E-state index contributed by atoms with van der Waals surface area (Å²) >= 11 is 12.7. The summed E-state index contributed by atoms with van der Waals surface area (Å²) in [6.45, 7) is 7.63. The van der Waals surface area contributed by atoms with Crippen molar-refractivity contribution in [1.82, 2.24) is 9.97 Å². The van der Waals surface area contributed by atoms with E-state index < -0.39 is 0 Å². The molecular formula is C24H23Br2ClN2O3. The molecule has 0 radical (unpaired) electrons. The second kappa shape index (κ2) is 10.8. The van der Waals surface area contributed by atoms with Gasteiger partial charge in [-0.15, -0.1) is 11.6 Å². The molecule has 2 aromatic carbocycles. The van der Waals surface area contributed by atoms with Gasteiger partial charge >= 0.3 is 0 Å². The Morgan fingerprint density at radius 1 is 0.781 bits per heavy atom. The Balaban J connectivity index is 0.000000181. The van der Waals surface area contributed by atoms with Crippen molar-refractivity contribution in [2.24, 2.45) is 0 Å². The van der Waals surface area contributed by atoms with Crippen molar-refractivity contribution in [3.8, 4) is 22.9 Å². The Morgan fingerprint density at radius 2 is 1.22 bits per heavy atom. The van der Waals surface area contributed by atoms with E-state index in [9.17, 15) is 0 Å². The van der Waals surface area contributed by atoms with E-state index in [1.165, 1.54) is 0 Å². The maximum atomic E-state index is 9.06. The first-order chi connectivity index (χ1) is 15.3.